The third kappa shape index (κ3) is 8.81. The maximum atomic E-state index is 13.3. The Kier molecular flexibility index (Phi) is 11.3. The summed E-state index contributed by atoms with van der Waals surface area (Å²) in [5, 5.41) is 2.90. The monoisotopic (exact) mass is 458 g/mol. The summed E-state index contributed by atoms with van der Waals surface area (Å²) in [6.07, 6.45) is 4.53. The van der Waals surface area contributed by atoms with Gasteiger partial charge in [-0.3, -0.25) is 4.79 Å². The van der Waals surface area contributed by atoms with E-state index in [1.54, 1.807) is 24.1 Å². The summed E-state index contributed by atoms with van der Waals surface area (Å²) in [7, 11) is 3.60. The van der Waals surface area contributed by atoms with Crippen molar-refractivity contribution in [1.29, 1.82) is 0 Å². The van der Waals surface area contributed by atoms with Gasteiger partial charge in [-0.15, -0.1) is 0 Å². The summed E-state index contributed by atoms with van der Waals surface area (Å²) >= 11 is 0. The fourth-order valence-corrected chi connectivity index (χ4v) is 3.42. The van der Waals surface area contributed by atoms with E-state index >= 15 is 0 Å². The molecule has 3 amide bonds. The van der Waals surface area contributed by atoms with Gasteiger partial charge in [0.25, 0.3) is 0 Å². The Morgan fingerprint density at radius 2 is 1.76 bits per heavy atom. The third-order valence-electron chi connectivity index (χ3n) is 5.34. The summed E-state index contributed by atoms with van der Waals surface area (Å²) in [4.78, 5) is 29.7. The molecule has 0 aliphatic heterocycles. The van der Waals surface area contributed by atoms with E-state index in [2.05, 4.69) is 12.2 Å². The van der Waals surface area contributed by atoms with Gasteiger partial charge in [-0.1, -0.05) is 13.3 Å². The van der Waals surface area contributed by atoms with Crippen molar-refractivity contribution in [2.45, 2.75) is 39.7 Å². The van der Waals surface area contributed by atoms with Crippen LogP contribution in [0.15, 0.2) is 42.6 Å². The number of urea groups is 1. The van der Waals surface area contributed by atoms with Crippen molar-refractivity contribution in [2.24, 2.45) is 7.05 Å². The first-order valence-electron chi connectivity index (χ1n) is 11.6. The summed E-state index contributed by atoms with van der Waals surface area (Å²) in [5.41, 5.74) is 1.71. The molecule has 0 saturated heterocycles. The number of rotatable bonds is 14. The van der Waals surface area contributed by atoms with Crippen LogP contribution >= 0.6 is 0 Å². The Bertz CT molecular complexity index is 850. The zero-order valence-electron chi connectivity index (χ0n) is 20.4. The number of ether oxygens (including phenoxy) is 2. The predicted octanol–water partition coefficient (Wildman–Crippen LogP) is 4.12. The first kappa shape index (κ1) is 26.3. The van der Waals surface area contributed by atoms with E-state index in [4.69, 9.17) is 9.47 Å². The maximum absolute atomic E-state index is 13.3. The molecule has 33 heavy (non-hydrogen) atoms. The number of benzene rings is 1. The standard InChI is InChI=1S/C25H38N4O4/c1-5-7-16-28(19-22-10-8-15-27(22)3)24(30)20-29(17-9-18-32-4)25(31)26-21-11-13-23(14-12-21)33-6-2/h8,10-15H,5-7,9,16-20H2,1-4H3,(H,26,31). The number of amides is 3. The predicted molar refractivity (Wildman–Crippen MR) is 130 cm³/mol. The highest BCUT2D eigenvalue weighted by Gasteiger charge is 2.22. The molecule has 0 unspecified atom stereocenters. The van der Waals surface area contributed by atoms with Gasteiger partial charge in [-0.05, 0) is 56.2 Å². The number of aromatic nitrogens is 1. The number of aryl methyl sites for hydroxylation is 1. The second-order valence-electron chi connectivity index (χ2n) is 7.93. The maximum Gasteiger partial charge on any atom is 0.322 e. The molecule has 1 aromatic carbocycles. The quantitative estimate of drug-likeness (QED) is 0.432. The zero-order valence-corrected chi connectivity index (χ0v) is 20.4. The number of nitrogens with zero attached hydrogens (tertiary/aromatic N) is 3. The van der Waals surface area contributed by atoms with Crippen LogP contribution in [-0.4, -0.2) is 66.3 Å². The smallest absolute Gasteiger partial charge is 0.322 e. The second kappa shape index (κ2) is 14.2. The average Bonchev–Trinajstić information content (AvgIpc) is 3.21. The number of unbranched alkanes of at least 4 members (excludes halogenated alkanes) is 1. The summed E-state index contributed by atoms with van der Waals surface area (Å²) in [6, 6.07) is 10.9. The highest BCUT2D eigenvalue weighted by atomic mass is 16.5. The van der Waals surface area contributed by atoms with Crippen molar-refractivity contribution in [3.63, 3.8) is 0 Å². The van der Waals surface area contributed by atoms with E-state index in [-0.39, 0.29) is 18.5 Å². The van der Waals surface area contributed by atoms with Crippen molar-refractivity contribution in [1.82, 2.24) is 14.4 Å². The lowest BCUT2D eigenvalue weighted by Gasteiger charge is -2.28. The molecule has 2 rings (SSSR count). The van der Waals surface area contributed by atoms with Crippen molar-refractivity contribution in [3.8, 4) is 5.75 Å². The van der Waals surface area contributed by atoms with Gasteiger partial charge >= 0.3 is 6.03 Å². The molecule has 2 aromatic rings. The number of carbonyl (C=O) groups excluding carboxylic acids is 2. The van der Waals surface area contributed by atoms with Crippen LogP contribution in [0.4, 0.5) is 10.5 Å². The summed E-state index contributed by atoms with van der Waals surface area (Å²) < 4.78 is 12.6. The Hall–Kier alpha value is -3.00. The van der Waals surface area contributed by atoms with Crippen LogP contribution in [0.1, 0.15) is 38.8 Å². The molecule has 0 saturated carbocycles. The van der Waals surface area contributed by atoms with Crippen LogP contribution in [0.25, 0.3) is 0 Å². The van der Waals surface area contributed by atoms with Gasteiger partial charge in [-0.2, -0.15) is 0 Å². The second-order valence-corrected chi connectivity index (χ2v) is 7.93. The first-order chi connectivity index (χ1) is 16.0. The minimum atomic E-state index is -0.307. The molecule has 0 aliphatic carbocycles. The van der Waals surface area contributed by atoms with Gasteiger partial charge in [0.15, 0.2) is 0 Å². The number of hydrogen-bond acceptors (Lipinski definition) is 4. The van der Waals surface area contributed by atoms with E-state index in [9.17, 15) is 9.59 Å². The lowest BCUT2D eigenvalue weighted by Crippen LogP contribution is -2.45. The van der Waals surface area contributed by atoms with Crippen LogP contribution in [0.3, 0.4) is 0 Å². The highest BCUT2D eigenvalue weighted by Crippen LogP contribution is 2.16. The molecule has 0 aliphatic rings. The summed E-state index contributed by atoms with van der Waals surface area (Å²) in [5.74, 6) is 0.679. The Labute approximate surface area is 197 Å². The molecule has 1 aromatic heterocycles. The number of methoxy groups -OCH3 is 1. The van der Waals surface area contributed by atoms with E-state index in [1.807, 2.05) is 53.9 Å². The van der Waals surface area contributed by atoms with Crippen LogP contribution in [0.5, 0.6) is 5.75 Å². The van der Waals surface area contributed by atoms with E-state index in [1.165, 1.54) is 0 Å². The molecule has 0 bridgehead atoms. The molecule has 0 radical (unpaired) electrons. The number of nitrogens with one attached hydrogen (secondary N) is 1. The topological polar surface area (TPSA) is 76.0 Å². The van der Waals surface area contributed by atoms with Gasteiger partial charge in [0.2, 0.25) is 5.91 Å². The molecule has 0 fully saturated rings. The SMILES string of the molecule is CCCCN(Cc1cccn1C)C(=O)CN(CCCOC)C(=O)Nc1ccc(OCC)cc1. The van der Waals surface area contributed by atoms with Gasteiger partial charge in [0.1, 0.15) is 12.3 Å². The van der Waals surface area contributed by atoms with Gasteiger partial charge in [0, 0.05) is 51.4 Å². The Morgan fingerprint density at radius 3 is 2.36 bits per heavy atom. The van der Waals surface area contributed by atoms with Crippen LogP contribution in [0.2, 0.25) is 0 Å². The molecule has 0 spiro atoms. The Balaban J connectivity index is 2.08. The van der Waals surface area contributed by atoms with E-state index in [0.29, 0.717) is 45.0 Å². The molecule has 8 nitrogen and oxygen atoms in total. The molecule has 0 atom stereocenters. The van der Waals surface area contributed by atoms with Crippen molar-refractivity contribution < 1.29 is 19.1 Å². The van der Waals surface area contributed by atoms with Crippen LogP contribution in [0, 0.1) is 0 Å². The largest absolute Gasteiger partial charge is 0.494 e. The van der Waals surface area contributed by atoms with Gasteiger partial charge < -0.3 is 29.2 Å². The highest BCUT2D eigenvalue weighted by molar-refractivity contribution is 5.92. The van der Waals surface area contributed by atoms with Gasteiger partial charge in [0.05, 0.1) is 13.2 Å². The number of hydrogen-bond donors (Lipinski definition) is 1. The van der Waals surface area contributed by atoms with Gasteiger partial charge in [-0.25, -0.2) is 4.79 Å². The summed E-state index contributed by atoms with van der Waals surface area (Å²) in [6.45, 7) is 6.75. The van der Waals surface area contributed by atoms with Crippen LogP contribution in [-0.2, 0) is 23.1 Å². The molecule has 1 N–H and O–H groups in total. The average molecular weight is 459 g/mol. The minimum Gasteiger partial charge on any atom is -0.494 e. The molecular formula is C25H38N4O4. The van der Waals surface area contributed by atoms with Crippen molar-refractivity contribution in [3.05, 3.63) is 48.3 Å². The third-order valence-corrected chi connectivity index (χ3v) is 5.34. The lowest BCUT2D eigenvalue weighted by molar-refractivity contribution is -0.132. The number of anilines is 1. The molecular weight excluding hydrogens is 420 g/mol. The van der Waals surface area contributed by atoms with E-state index in [0.717, 1.165) is 24.3 Å². The van der Waals surface area contributed by atoms with E-state index < -0.39 is 0 Å². The molecule has 1 heterocycles. The molecule has 8 heteroatoms. The first-order valence-corrected chi connectivity index (χ1v) is 11.6. The van der Waals surface area contributed by atoms with Crippen molar-refractivity contribution >= 4 is 17.6 Å². The fraction of sp³-hybridized carbons (Fsp3) is 0.520. The fourth-order valence-electron chi connectivity index (χ4n) is 3.42. The zero-order chi connectivity index (χ0) is 24.1. The minimum absolute atomic E-state index is 0.0146. The molecule has 182 valence electrons. The van der Waals surface area contributed by atoms with Crippen LogP contribution < -0.4 is 10.1 Å². The normalized spacial score (nSPS) is 10.7. The number of carbonyl (C=O) groups is 2. The lowest BCUT2D eigenvalue weighted by atomic mass is 10.2. The Morgan fingerprint density at radius 1 is 1.03 bits per heavy atom. The van der Waals surface area contributed by atoms with Crippen molar-refractivity contribution in [2.75, 3.05) is 45.3 Å².